The van der Waals surface area contributed by atoms with Crippen molar-refractivity contribution >= 4 is 11.9 Å². The number of hydrogen-bond donors (Lipinski definition) is 2. The third-order valence-electron chi connectivity index (χ3n) is 2.46. The third-order valence-corrected chi connectivity index (χ3v) is 2.46. The molecule has 0 fully saturated rings. The van der Waals surface area contributed by atoms with Crippen LogP contribution in [0.5, 0.6) is 0 Å². The molecule has 0 aliphatic rings. The van der Waals surface area contributed by atoms with Gasteiger partial charge in [-0.1, -0.05) is 6.92 Å². The van der Waals surface area contributed by atoms with Gasteiger partial charge < -0.3 is 10.4 Å². The summed E-state index contributed by atoms with van der Waals surface area (Å²) in [5, 5.41) is 10.9. The summed E-state index contributed by atoms with van der Waals surface area (Å²) in [6, 6.07) is -0.329. The zero-order chi connectivity index (χ0) is 12.9. The SMILES string of the molecule is CCN(C(C)C(=O)NCC(=O)O)C(C)(C)C. The van der Waals surface area contributed by atoms with Crippen LogP contribution in [-0.2, 0) is 9.59 Å². The highest BCUT2D eigenvalue weighted by atomic mass is 16.4. The molecular formula is C11H22N2O3. The lowest BCUT2D eigenvalue weighted by molar-refractivity contribution is -0.139. The fraction of sp³-hybridized carbons (Fsp3) is 0.818. The number of rotatable bonds is 5. The molecule has 0 aromatic carbocycles. The Labute approximate surface area is 96.8 Å². The molecule has 5 heteroatoms. The van der Waals surface area contributed by atoms with Gasteiger partial charge in [-0.25, -0.2) is 0 Å². The molecule has 1 atom stereocenters. The molecule has 1 amide bonds. The molecule has 94 valence electrons. The summed E-state index contributed by atoms with van der Waals surface area (Å²) in [7, 11) is 0. The van der Waals surface area contributed by atoms with E-state index in [9.17, 15) is 9.59 Å². The Bertz CT molecular complexity index is 258. The topological polar surface area (TPSA) is 69.6 Å². The van der Waals surface area contributed by atoms with Crippen molar-refractivity contribution in [2.24, 2.45) is 0 Å². The third kappa shape index (κ3) is 4.61. The number of likely N-dealkylation sites (N-methyl/N-ethyl adjacent to an activating group) is 1. The van der Waals surface area contributed by atoms with Crippen molar-refractivity contribution in [1.29, 1.82) is 0 Å². The Morgan fingerprint density at radius 2 is 1.88 bits per heavy atom. The number of nitrogens with zero attached hydrogens (tertiary/aromatic N) is 1. The molecule has 2 N–H and O–H groups in total. The van der Waals surface area contributed by atoms with E-state index in [4.69, 9.17) is 5.11 Å². The highest BCUT2D eigenvalue weighted by Gasteiger charge is 2.28. The van der Waals surface area contributed by atoms with Gasteiger partial charge in [0.15, 0.2) is 0 Å². The number of carbonyl (C=O) groups is 2. The quantitative estimate of drug-likeness (QED) is 0.729. The molecule has 0 aliphatic heterocycles. The van der Waals surface area contributed by atoms with E-state index in [0.29, 0.717) is 0 Å². The van der Waals surface area contributed by atoms with Crippen LogP contribution in [0.4, 0.5) is 0 Å². The molecule has 0 bridgehead atoms. The molecule has 5 nitrogen and oxygen atoms in total. The molecular weight excluding hydrogens is 208 g/mol. The Balaban J connectivity index is 4.45. The van der Waals surface area contributed by atoms with Gasteiger partial charge in [-0.3, -0.25) is 14.5 Å². The van der Waals surface area contributed by atoms with Gasteiger partial charge in [0.1, 0.15) is 6.54 Å². The van der Waals surface area contributed by atoms with Gasteiger partial charge in [0.2, 0.25) is 5.91 Å². The predicted octanol–water partition coefficient (Wildman–Crippen LogP) is 0.696. The van der Waals surface area contributed by atoms with Gasteiger partial charge in [0, 0.05) is 5.54 Å². The van der Waals surface area contributed by atoms with Crippen LogP contribution in [0.3, 0.4) is 0 Å². The molecule has 0 aromatic rings. The van der Waals surface area contributed by atoms with Crippen molar-refractivity contribution in [3.8, 4) is 0 Å². The second-order valence-corrected chi connectivity index (χ2v) is 4.74. The Morgan fingerprint density at radius 1 is 1.38 bits per heavy atom. The van der Waals surface area contributed by atoms with E-state index in [1.807, 2.05) is 32.6 Å². The maximum absolute atomic E-state index is 11.7. The van der Waals surface area contributed by atoms with Crippen LogP contribution in [0.2, 0.25) is 0 Å². The van der Waals surface area contributed by atoms with Gasteiger partial charge in [-0.15, -0.1) is 0 Å². The maximum Gasteiger partial charge on any atom is 0.322 e. The number of aliphatic carboxylic acids is 1. The smallest absolute Gasteiger partial charge is 0.322 e. The van der Waals surface area contributed by atoms with Crippen LogP contribution in [0, 0.1) is 0 Å². The van der Waals surface area contributed by atoms with Crippen LogP contribution >= 0.6 is 0 Å². The van der Waals surface area contributed by atoms with Gasteiger partial charge in [-0.2, -0.15) is 0 Å². The lowest BCUT2D eigenvalue weighted by Gasteiger charge is -2.38. The Morgan fingerprint density at radius 3 is 2.19 bits per heavy atom. The minimum atomic E-state index is -1.03. The predicted molar refractivity (Wildman–Crippen MR) is 62.2 cm³/mol. The van der Waals surface area contributed by atoms with Crippen LogP contribution in [0.1, 0.15) is 34.6 Å². The molecule has 0 spiro atoms. The summed E-state index contributed by atoms with van der Waals surface area (Å²) in [4.78, 5) is 24.0. The summed E-state index contributed by atoms with van der Waals surface area (Å²) in [6.07, 6.45) is 0. The van der Waals surface area contributed by atoms with E-state index in [2.05, 4.69) is 5.32 Å². The first kappa shape index (κ1) is 14.9. The zero-order valence-corrected chi connectivity index (χ0v) is 10.7. The second kappa shape index (κ2) is 5.84. The second-order valence-electron chi connectivity index (χ2n) is 4.74. The standard InChI is InChI=1S/C11H22N2O3/c1-6-13(11(3,4)5)8(2)10(16)12-7-9(14)15/h8H,6-7H2,1-5H3,(H,12,16)(H,14,15). The van der Waals surface area contributed by atoms with E-state index in [1.54, 1.807) is 6.92 Å². The van der Waals surface area contributed by atoms with Crippen molar-refractivity contribution in [3.63, 3.8) is 0 Å². The number of carboxylic acid groups (broad SMARTS) is 1. The molecule has 0 saturated heterocycles. The van der Waals surface area contributed by atoms with Gasteiger partial charge in [0.05, 0.1) is 6.04 Å². The van der Waals surface area contributed by atoms with Crippen molar-refractivity contribution in [3.05, 3.63) is 0 Å². The number of amides is 1. The largest absolute Gasteiger partial charge is 0.480 e. The first-order valence-corrected chi connectivity index (χ1v) is 5.46. The van der Waals surface area contributed by atoms with E-state index in [0.717, 1.165) is 6.54 Å². The van der Waals surface area contributed by atoms with Crippen molar-refractivity contribution in [2.75, 3.05) is 13.1 Å². The highest BCUT2D eigenvalue weighted by molar-refractivity contribution is 5.84. The monoisotopic (exact) mass is 230 g/mol. The zero-order valence-electron chi connectivity index (χ0n) is 10.7. The minimum Gasteiger partial charge on any atom is -0.480 e. The van der Waals surface area contributed by atoms with Gasteiger partial charge in [-0.05, 0) is 34.2 Å². The molecule has 0 aromatic heterocycles. The summed E-state index contributed by atoms with van der Waals surface area (Å²) < 4.78 is 0. The molecule has 0 saturated carbocycles. The average Bonchev–Trinajstić information content (AvgIpc) is 2.12. The van der Waals surface area contributed by atoms with E-state index < -0.39 is 5.97 Å². The molecule has 1 unspecified atom stereocenters. The van der Waals surface area contributed by atoms with Crippen LogP contribution in [0.25, 0.3) is 0 Å². The van der Waals surface area contributed by atoms with Crippen LogP contribution in [0.15, 0.2) is 0 Å². The summed E-state index contributed by atoms with van der Waals surface area (Å²) >= 11 is 0. The summed E-state index contributed by atoms with van der Waals surface area (Å²) in [5.41, 5.74) is -0.116. The summed E-state index contributed by atoms with van der Waals surface area (Å²) in [5.74, 6) is -1.28. The van der Waals surface area contributed by atoms with Gasteiger partial charge >= 0.3 is 5.97 Å². The summed E-state index contributed by atoms with van der Waals surface area (Å²) in [6.45, 7) is 10.3. The average molecular weight is 230 g/mol. The molecule has 0 aliphatic carbocycles. The van der Waals surface area contributed by atoms with Crippen molar-refractivity contribution < 1.29 is 14.7 Å². The first-order chi connectivity index (χ1) is 7.20. The number of nitrogens with one attached hydrogen (secondary N) is 1. The fourth-order valence-corrected chi connectivity index (χ4v) is 1.78. The number of carboxylic acids is 1. The Kier molecular flexibility index (Phi) is 5.44. The van der Waals surface area contributed by atoms with Crippen LogP contribution in [-0.4, -0.2) is 46.6 Å². The maximum atomic E-state index is 11.7. The highest BCUT2D eigenvalue weighted by Crippen LogP contribution is 2.16. The normalized spacial score (nSPS) is 13.6. The van der Waals surface area contributed by atoms with Crippen molar-refractivity contribution in [2.45, 2.75) is 46.2 Å². The fourth-order valence-electron chi connectivity index (χ4n) is 1.78. The van der Waals surface area contributed by atoms with E-state index in [1.165, 1.54) is 0 Å². The van der Waals surface area contributed by atoms with E-state index in [-0.39, 0.29) is 24.0 Å². The van der Waals surface area contributed by atoms with Gasteiger partial charge in [0.25, 0.3) is 0 Å². The Hall–Kier alpha value is -1.10. The van der Waals surface area contributed by atoms with Crippen LogP contribution < -0.4 is 5.32 Å². The lowest BCUT2D eigenvalue weighted by Crippen LogP contribution is -2.53. The number of hydrogen-bond acceptors (Lipinski definition) is 3. The number of carbonyl (C=O) groups excluding carboxylic acids is 1. The molecule has 0 radical (unpaired) electrons. The lowest BCUT2D eigenvalue weighted by atomic mass is 10.0. The van der Waals surface area contributed by atoms with Crippen molar-refractivity contribution in [1.82, 2.24) is 10.2 Å². The molecule has 16 heavy (non-hydrogen) atoms. The molecule has 0 rings (SSSR count). The molecule has 0 heterocycles. The minimum absolute atomic E-state index is 0.116. The first-order valence-electron chi connectivity index (χ1n) is 5.46. The van der Waals surface area contributed by atoms with E-state index >= 15 is 0 Å².